The van der Waals surface area contributed by atoms with Gasteiger partial charge in [0.25, 0.3) is 0 Å². The molecule has 1 aromatic heterocycles. The summed E-state index contributed by atoms with van der Waals surface area (Å²) in [5, 5.41) is 0.656. The number of H-pyrrole nitrogens is 1. The number of nitrogens with one attached hydrogen (secondary N) is 1. The van der Waals surface area contributed by atoms with E-state index in [0.29, 0.717) is 0 Å². The largest absolute Gasteiger partial charge is 0.497 e. The van der Waals surface area contributed by atoms with Crippen molar-refractivity contribution in [3.05, 3.63) is 18.2 Å². The fourth-order valence-electron chi connectivity index (χ4n) is 2.56. The second-order valence-electron chi connectivity index (χ2n) is 5.22. The molecule has 2 aromatic rings. The normalized spacial score (nSPS) is 16.4. The number of thioether (sulfide) groups is 1. The number of fused-ring (bicyclic) bond motifs is 1. The lowest BCUT2D eigenvalue weighted by Gasteiger charge is -2.19. The number of hydrogen-bond donors (Lipinski definition) is 1. The monoisotopic (exact) mass is 305 g/mol. The quantitative estimate of drug-likeness (QED) is 0.882. The topological polar surface area (TPSA) is 58.2 Å². The number of aromatic amines is 1. The predicted molar refractivity (Wildman–Crippen MR) is 83.8 cm³/mol. The summed E-state index contributed by atoms with van der Waals surface area (Å²) in [6, 6.07) is 5.72. The summed E-state index contributed by atoms with van der Waals surface area (Å²) >= 11 is 1.48. The van der Waals surface area contributed by atoms with Gasteiger partial charge in [0.1, 0.15) is 5.75 Å². The molecule has 0 unspecified atom stereocenters. The van der Waals surface area contributed by atoms with Crippen molar-refractivity contribution < 1.29 is 9.53 Å². The lowest BCUT2D eigenvalue weighted by atomic mass is 10.3. The van der Waals surface area contributed by atoms with E-state index in [1.54, 1.807) is 7.11 Å². The molecule has 5 nitrogen and oxygen atoms in total. The number of hydrogen-bond acceptors (Lipinski definition) is 4. The molecule has 2 heterocycles. The number of nitrogens with zero attached hydrogens (tertiary/aromatic N) is 2. The van der Waals surface area contributed by atoms with Gasteiger partial charge in [0.05, 0.1) is 23.4 Å². The second-order valence-corrected chi connectivity index (χ2v) is 6.55. The van der Waals surface area contributed by atoms with Crippen LogP contribution < -0.4 is 4.74 Å². The van der Waals surface area contributed by atoms with Gasteiger partial charge in [-0.1, -0.05) is 11.8 Å². The molecular formula is C15H19N3O2S. The number of amides is 1. The summed E-state index contributed by atoms with van der Waals surface area (Å²) < 4.78 is 5.20. The average molecular weight is 305 g/mol. The molecule has 0 saturated carbocycles. The summed E-state index contributed by atoms with van der Waals surface area (Å²) in [5.41, 5.74) is 1.82. The van der Waals surface area contributed by atoms with Gasteiger partial charge in [0.15, 0.2) is 5.16 Å². The van der Waals surface area contributed by atoms with Crippen LogP contribution in [0.4, 0.5) is 0 Å². The zero-order chi connectivity index (χ0) is 14.8. The summed E-state index contributed by atoms with van der Waals surface area (Å²) in [5.74, 6) is 0.999. The lowest BCUT2D eigenvalue weighted by molar-refractivity contribution is -0.129. The maximum atomic E-state index is 12.3. The Morgan fingerprint density at radius 2 is 2.19 bits per heavy atom. The van der Waals surface area contributed by atoms with Crippen LogP contribution in [0.25, 0.3) is 11.0 Å². The Kier molecular flexibility index (Phi) is 4.05. The average Bonchev–Trinajstić information content (AvgIpc) is 3.14. The van der Waals surface area contributed by atoms with Gasteiger partial charge < -0.3 is 14.6 Å². The Labute approximate surface area is 128 Å². The molecule has 0 spiro atoms. The Hall–Kier alpha value is -1.69. The van der Waals surface area contributed by atoms with E-state index in [9.17, 15) is 4.79 Å². The van der Waals surface area contributed by atoms with Gasteiger partial charge in [-0.25, -0.2) is 4.98 Å². The first kappa shape index (κ1) is 14.3. The fraction of sp³-hybridized carbons (Fsp3) is 0.467. The van der Waals surface area contributed by atoms with E-state index in [-0.39, 0.29) is 11.2 Å². The molecule has 1 aromatic carbocycles. The van der Waals surface area contributed by atoms with Gasteiger partial charge in [-0.15, -0.1) is 0 Å². The van der Waals surface area contributed by atoms with E-state index in [2.05, 4.69) is 9.97 Å². The predicted octanol–water partition coefficient (Wildman–Crippen LogP) is 2.67. The maximum Gasteiger partial charge on any atom is 0.235 e. The minimum atomic E-state index is -0.120. The molecule has 0 radical (unpaired) electrons. The van der Waals surface area contributed by atoms with Crippen molar-refractivity contribution in [1.29, 1.82) is 0 Å². The highest BCUT2D eigenvalue weighted by molar-refractivity contribution is 8.00. The molecule has 1 amide bonds. The van der Waals surface area contributed by atoms with Crippen LogP contribution in [0.15, 0.2) is 23.4 Å². The highest BCUT2D eigenvalue weighted by atomic mass is 32.2. The molecule has 1 aliphatic rings. The maximum absolute atomic E-state index is 12.3. The van der Waals surface area contributed by atoms with Gasteiger partial charge in [0, 0.05) is 19.2 Å². The van der Waals surface area contributed by atoms with Crippen LogP contribution in [-0.2, 0) is 4.79 Å². The first-order chi connectivity index (χ1) is 10.2. The third-order valence-corrected chi connectivity index (χ3v) is 4.69. The van der Waals surface area contributed by atoms with Crippen molar-refractivity contribution in [2.45, 2.75) is 30.2 Å². The van der Waals surface area contributed by atoms with Crippen LogP contribution in [0.5, 0.6) is 5.75 Å². The number of ether oxygens (including phenoxy) is 1. The lowest BCUT2D eigenvalue weighted by Crippen LogP contribution is -2.34. The highest BCUT2D eigenvalue weighted by Crippen LogP contribution is 2.27. The van der Waals surface area contributed by atoms with Crippen LogP contribution in [0.3, 0.4) is 0 Å². The SMILES string of the molecule is COc1ccc2nc(S[C@H](C)C(=O)N3CCCC3)[nH]c2c1. The van der Waals surface area contributed by atoms with Crippen molar-refractivity contribution in [2.75, 3.05) is 20.2 Å². The summed E-state index contributed by atoms with van der Waals surface area (Å²) in [7, 11) is 1.64. The number of methoxy groups -OCH3 is 1. The molecule has 0 bridgehead atoms. The zero-order valence-corrected chi connectivity index (χ0v) is 13.1. The Bertz CT molecular complexity index is 649. The summed E-state index contributed by atoms with van der Waals surface area (Å²) in [6.45, 7) is 3.72. The van der Waals surface area contributed by atoms with Gasteiger partial charge in [-0.2, -0.15) is 0 Å². The Balaban J connectivity index is 1.73. The number of imidazole rings is 1. The van der Waals surface area contributed by atoms with Crippen LogP contribution in [0.2, 0.25) is 0 Å². The number of rotatable bonds is 4. The molecular weight excluding hydrogens is 286 g/mol. The molecule has 0 aliphatic carbocycles. The fourth-order valence-corrected chi connectivity index (χ4v) is 3.47. The molecule has 1 atom stereocenters. The first-order valence-electron chi connectivity index (χ1n) is 7.16. The van der Waals surface area contributed by atoms with Crippen molar-refractivity contribution in [1.82, 2.24) is 14.9 Å². The Morgan fingerprint density at radius 1 is 1.43 bits per heavy atom. The molecule has 112 valence electrons. The van der Waals surface area contributed by atoms with E-state index in [4.69, 9.17) is 4.74 Å². The van der Waals surface area contributed by atoms with Gasteiger partial charge in [0.2, 0.25) is 5.91 Å². The van der Waals surface area contributed by atoms with Crippen molar-refractivity contribution in [3.63, 3.8) is 0 Å². The van der Waals surface area contributed by atoms with Crippen molar-refractivity contribution in [2.24, 2.45) is 0 Å². The molecule has 21 heavy (non-hydrogen) atoms. The zero-order valence-electron chi connectivity index (χ0n) is 12.3. The smallest absolute Gasteiger partial charge is 0.235 e. The number of benzene rings is 1. The van der Waals surface area contributed by atoms with E-state index in [0.717, 1.165) is 47.9 Å². The van der Waals surface area contributed by atoms with Crippen molar-refractivity contribution in [3.8, 4) is 5.75 Å². The Morgan fingerprint density at radius 3 is 2.90 bits per heavy atom. The standard InChI is InChI=1S/C15H19N3O2S/c1-10(14(19)18-7-3-4-8-18)21-15-16-12-6-5-11(20-2)9-13(12)17-15/h5-6,9-10H,3-4,7-8H2,1-2H3,(H,16,17)/t10-/m1/s1. The highest BCUT2D eigenvalue weighted by Gasteiger charge is 2.24. The summed E-state index contributed by atoms with van der Waals surface area (Å²) in [6.07, 6.45) is 2.24. The minimum Gasteiger partial charge on any atom is -0.497 e. The summed E-state index contributed by atoms with van der Waals surface area (Å²) in [4.78, 5) is 22.0. The number of aromatic nitrogens is 2. The third kappa shape index (κ3) is 3.00. The van der Waals surface area contributed by atoms with E-state index in [1.165, 1.54) is 11.8 Å². The van der Waals surface area contributed by atoms with E-state index < -0.39 is 0 Å². The molecule has 6 heteroatoms. The number of carbonyl (C=O) groups excluding carboxylic acids is 1. The van der Waals surface area contributed by atoms with Crippen molar-refractivity contribution >= 4 is 28.7 Å². The molecule has 1 fully saturated rings. The molecule has 1 aliphatic heterocycles. The van der Waals surface area contributed by atoms with Gasteiger partial charge in [-0.05, 0) is 31.9 Å². The third-order valence-electron chi connectivity index (χ3n) is 3.72. The van der Waals surface area contributed by atoms with Gasteiger partial charge in [-0.3, -0.25) is 4.79 Å². The first-order valence-corrected chi connectivity index (χ1v) is 8.04. The molecule has 1 N–H and O–H groups in total. The minimum absolute atomic E-state index is 0.120. The number of likely N-dealkylation sites (tertiary alicyclic amines) is 1. The molecule has 3 rings (SSSR count). The van der Waals surface area contributed by atoms with Crippen LogP contribution in [0.1, 0.15) is 19.8 Å². The van der Waals surface area contributed by atoms with Crippen LogP contribution in [0, 0.1) is 0 Å². The van der Waals surface area contributed by atoms with E-state index >= 15 is 0 Å². The van der Waals surface area contributed by atoms with Crippen LogP contribution in [-0.4, -0.2) is 46.2 Å². The van der Waals surface area contributed by atoms with Crippen LogP contribution >= 0.6 is 11.8 Å². The van der Waals surface area contributed by atoms with Gasteiger partial charge >= 0.3 is 0 Å². The second kappa shape index (κ2) is 5.97. The molecule has 1 saturated heterocycles. The number of carbonyl (C=O) groups is 1. The van der Waals surface area contributed by atoms with E-state index in [1.807, 2.05) is 30.0 Å².